The van der Waals surface area contributed by atoms with Gasteiger partial charge in [-0.05, 0) is 42.8 Å². The number of piperidine rings is 1. The van der Waals surface area contributed by atoms with Crippen molar-refractivity contribution in [3.63, 3.8) is 0 Å². The van der Waals surface area contributed by atoms with Crippen molar-refractivity contribution in [2.75, 3.05) is 43.0 Å². The zero-order valence-electron chi connectivity index (χ0n) is 16.3. The average Bonchev–Trinajstić information content (AvgIpc) is 3.03. The van der Waals surface area contributed by atoms with Crippen LogP contribution in [0.3, 0.4) is 0 Å². The van der Waals surface area contributed by atoms with Gasteiger partial charge in [0.05, 0.1) is 30.5 Å². The lowest BCUT2D eigenvalue weighted by atomic mass is 9.92. The van der Waals surface area contributed by atoms with Gasteiger partial charge in [0.25, 0.3) is 5.17 Å². The van der Waals surface area contributed by atoms with Crippen molar-refractivity contribution in [2.45, 2.75) is 19.4 Å². The van der Waals surface area contributed by atoms with E-state index in [-0.39, 0.29) is 24.2 Å². The summed E-state index contributed by atoms with van der Waals surface area (Å²) in [6, 6.07) is 6.78. The third-order valence-corrected chi connectivity index (χ3v) is 5.62. The molecule has 0 aliphatic carbocycles. The predicted octanol–water partition coefficient (Wildman–Crippen LogP) is 3.22. The Morgan fingerprint density at radius 3 is 2.90 bits per heavy atom. The van der Waals surface area contributed by atoms with Crippen LogP contribution >= 0.6 is 12.2 Å². The number of hydrogen-bond acceptors (Lipinski definition) is 5. The van der Waals surface area contributed by atoms with Gasteiger partial charge < -0.3 is 19.6 Å². The lowest BCUT2D eigenvalue weighted by molar-refractivity contribution is 0.127. The van der Waals surface area contributed by atoms with Crippen LogP contribution in [0.4, 0.5) is 20.6 Å². The van der Waals surface area contributed by atoms with Gasteiger partial charge in [0.2, 0.25) is 0 Å². The summed E-state index contributed by atoms with van der Waals surface area (Å²) in [6.45, 7) is 3.79. The van der Waals surface area contributed by atoms with Crippen molar-refractivity contribution in [3.05, 3.63) is 35.7 Å². The molecule has 0 saturated carbocycles. The first kappa shape index (κ1) is 20.9. The molecule has 2 fully saturated rings. The summed E-state index contributed by atoms with van der Waals surface area (Å²) in [5.41, 5.74) is 1.98. The van der Waals surface area contributed by atoms with E-state index in [4.69, 9.17) is 10.00 Å². The zero-order chi connectivity index (χ0) is 21.1. The molecule has 1 aromatic carbocycles. The third kappa shape index (κ3) is 4.59. The first-order valence-corrected chi connectivity index (χ1v) is 9.76. The van der Waals surface area contributed by atoms with Crippen molar-refractivity contribution < 1.29 is 19.0 Å². The van der Waals surface area contributed by atoms with Crippen LogP contribution in [0.1, 0.15) is 13.3 Å². The van der Waals surface area contributed by atoms with Gasteiger partial charge in [-0.2, -0.15) is 5.26 Å². The number of nitrogens with zero attached hydrogens (tertiary/aromatic N) is 4. The van der Waals surface area contributed by atoms with Gasteiger partial charge in [0.1, 0.15) is 11.9 Å². The van der Waals surface area contributed by atoms with Crippen LogP contribution in [0.25, 0.3) is 0 Å². The quantitative estimate of drug-likeness (QED) is 0.594. The number of nitriles is 1. The zero-order valence-corrected chi connectivity index (χ0v) is 17.2. The summed E-state index contributed by atoms with van der Waals surface area (Å²) >= 11 is 4.68. The van der Waals surface area contributed by atoms with Crippen molar-refractivity contribution in [2.24, 2.45) is 5.92 Å². The molecule has 3 rings (SSSR count). The lowest BCUT2D eigenvalue weighted by Gasteiger charge is -2.34. The van der Waals surface area contributed by atoms with Gasteiger partial charge in [-0.3, -0.25) is 4.90 Å². The molecule has 154 valence electrons. The topological polar surface area (TPSA) is 80.0 Å². The summed E-state index contributed by atoms with van der Waals surface area (Å²) in [4.78, 5) is 16.9. The number of aliphatic hydroxyl groups is 1. The SMILES string of the molecule is CC1CN(c2ccc(N3CC(CN(C)C(O)=S)OC3=O)cc2F)CCC1=CC#N. The number of aliphatic hydroxyl groups excluding tert-OH is 1. The molecule has 2 aliphatic heterocycles. The standard InChI is InChI=1S/C20H23FN4O3S/c1-13-10-24(8-6-14(13)5-7-22)18-4-3-15(9-17(18)21)25-12-16(28-19(25)26)11-23(2)20(27)29/h3-5,9,13,16H,6,8,10-12H2,1-2H3,(H,27,29). The van der Waals surface area contributed by atoms with Crippen LogP contribution in [-0.2, 0) is 4.74 Å². The maximum atomic E-state index is 14.9. The molecule has 0 radical (unpaired) electrons. The van der Waals surface area contributed by atoms with Crippen molar-refractivity contribution in [1.82, 2.24) is 4.90 Å². The van der Waals surface area contributed by atoms with Crippen molar-refractivity contribution >= 4 is 34.9 Å². The molecule has 7 nitrogen and oxygen atoms in total. The van der Waals surface area contributed by atoms with Crippen LogP contribution < -0.4 is 9.80 Å². The van der Waals surface area contributed by atoms with E-state index in [1.807, 2.05) is 11.8 Å². The van der Waals surface area contributed by atoms with Crippen LogP contribution in [-0.4, -0.2) is 60.6 Å². The Hall–Kier alpha value is -2.86. The number of ether oxygens (including phenoxy) is 1. The third-order valence-electron chi connectivity index (χ3n) is 5.31. The minimum Gasteiger partial charge on any atom is -0.487 e. The first-order chi connectivity index (χ1) is 13.8. The fourth-order valence-electron chi connectivity index (χ4n) is 3.70. The Balaban J connectivity index is 1.70. The number of carbonyl (C=O) groups excluding carboxylic acids is 1. The normalized spacial score (nSPS) is 23.1. The van der Waals surface area contributed by atoms with E-state index in [2.05, 4.69) is 18.3 Å². The van der Waals surface area contributed by atoms with Crippen molar-refractivity contribution in [1.29, 1.82) is 5.26 Å². The fourth-order valence-corrected chi connectivity index (χ4v) is 3.77. The maximum absolute atomic E-state index is 14.9. The van der Waals surface area contributed by atoms with E-state index >= 15 is 0 Å². The highest BCUT2D eigenvalue weighted by Crippen LogP contribution is 2.32. The van der Waals surface area contributed by atoms with E-state index < -0.39 is 18.0 Å². The van der Waals surface area contributed by atoms with Crippen LogP contribution in [0.15, 0.2) is 29.8 Å². The Morgan fingerprint density at radius 1 is 1.52 bits per heavy atom. The second-order valence-electron chi connectivity index (χ2n) is 7.36. The van der Waals surface area contributed by atoms with E-state index in [9.17, 15) is 14.3 Å². The molecule has 2 unspecified atom stereocenters. The summed E-state index contributed by atoms with van der Waals surface area (Å²) in [7, 11) is 1.60. The first-order valence-electron chi connectivity index (χ1n) is 9.35. The molecular formula is C20H23FN4O3S. The van der Waals surface area contributed by atoms with E-state index in [0.717, 1.165) is 12.0 Å². The second kappa shape index (κ2) is 8.66. The van der Waals surface area contributed by atoms with Crippen molar-refractivity contribution in [3.8, 4) is 6.07 Å². The molecule has 9 heteroatoms. The molecule has 0 spiro atoms. The second-order valence-corrected chi connectivity index (χ2v) is 7.73. The smallest absolute Gasteiger partial charge is 0.414 e. The Kier molecular flexibility index (Phi) is 6.23. The number of rotatable bonds is 4. The monoisotopic (exact) mass is 418 g/mol. The summed E-state index contributed by atoms with van der Waals surface area (Å²) in [6.07, 6.45) is 1.26. The van der Waals surface area contributed by atoms with Gasteiger partial charge in [-0.25, -0.2) is 9.18 Å². The van der Waals surface area contributed by atoms with E-state index in [0.29, 0.717) is 24.5 Å². The number of carbonyl (C=O) groups is 1. The molecule has 2 aliphatic rings. The minimum atomic E-state index is -0.558. The average molecular weight is 418 g/mol. The highest BCUT2D eigenvalue weighted by Gasteiger charge is 2.34. The molecule has 2 saturated heterocycles. The maximum Gasteiger partial charge on any atom is 0.414 e. The van der Waals surface area contributed by atoms with Crippen LogP contribution in [0.5, 0.6) is 0 Å². The Labute approximate surface area is 174 Å². The number of anilines is 2. The minimum absolute atomic E-state index is 0.173. The van der Waals surface area contributed by atoms with Gasteiger partial charge in [-0.15, -0.1) is 0 Å². The summed E-state index contributed by atoms with van der Waals surface area (Å²) in [5.74, 6) is -0.237. The van der Waals surface area contributed by atoms with E-state index in [1.54, 1.807) is 25.3 Å². The van der Waals surface area contributed by atoms with Gasteiger partial charge in [0, 0.05) is 26.2 Å². The lowest BCUT2D eigenvalue weighted by Crippen LogP contribution is -2.36. The largest absolute Gasteiger partial charge is 0.487 e. The number of benzene rings is 1. The van der Waals surface area contributed by atoms with Crippen LogP contribution in [0, 0.1) is 23.1 Å². The van der Waals surface area contributed by atoms with Gasteiger partial charge in [0.15, 0.2) is 0 Å². The van der Waals surface area contributed by atoms with Gasteiger partial charge in [-0.1, -0.05) is 12.5 Å². The predicted molar refractivity (Wildman–Crippen MR) is 112 cm³/mol. The number of likely N-dealkylation sites (N-methyl/N-ethyl adjacent to an activating group) is 1. The molecule has 1 aromatic rings. The summed E-state index contributed by atoms with van der Waals surface area (Å²) < 4.78 is 20.1. The molecule has 2 heterocycles. The number of hydrogen-bond donors (Lipinski definition) is 1. The Bertz CT molecular complexity index is 885. The molecule has 1 N–H and O–H groups in total. The number of amides is 1. The highest BCUT2D eigenvalue weighted by molar-refractivity contribution is 7.79. The molecule has 1 amide bonds. The molecule has 0 aromatic heterocycles. The number of cyclic esters (lactones) is 1. The molecule has 2 atom stereocenters. The Morgan fingerprint density at radius 2 is 2.28 bits per heavy atom. The van der Waals surface area contributed by atoms with Crippen LogP contribution in [0.2, 0.25) is 0 Å². The molecule has 29 heavy (non-hydrogen) atoms. The van der Waals surface area contributed by atoms with Gasteiger partial charge >= 0.3 is 6.09 Å². The number of thiocarbonyl (C=S) groups is 1. The molecular weight excluding hydrogens is 395 g/mol. The number of allylic oxidation sites excluding steroid dienone is 1. The molecule has 0 bridgehead atoms. The summed E-state index contributed by atoms with van der Waals surface area (Å²) in [5, 5.41) is 17.9. The van der Waals surface area contributed by atoms with E-state index in [1.165, 1.54) is 15.9 Å². The number of halogens is 1. The highest BCUT2D eigenvalue weighted by atomic mass is 32.1. The fraction of sp³-hybridized carbons (Fsp3) is 0.450.